The SMILES string of the molecule is CC(C)Cc1ccc(CN(C)CC2(C#N)CC2)cc1. The van der Waals surface area contributed by atoms with Crippen molar-refractivity contribution in [1.29, 1.82) is 5.26 Å². The van der Waals surface area contributed by atoms with Crippen LogP contribution in [0.4, 0.5) is 0 Å². The summed E-state index contributed by atoms with van der Waals surface area (Å²) in [6.45, 7) is 6.33. The molecule has 0 saturated heterocycles. The van der Waals surface area contributed by atoms with Crippen LogP contribution in [0.5, 0.6) is 0 Å². The molecule has 2 rings (SSSR count). The van der Waals surface area contributed by atoms with Gasteiger partial charge in [-0.05, 0) is 43.4 Å². The second kappa shape index (κ2) is 5.75. The number of rotatable bonds is 6. The fraction of sp³-hybridized carbons (Fsp3) is 0.588. The topological polar surface area (TPSA) is 27.0 Å². The molecule has 1 saturated carbocycles. The molecular formula is C17H24N2. The number of benzene rings is 1. The summed E-state index contributed by atoms with van der Waals surface area (Å²) in [5.41, 5.74) is 2.72. The number of nitriles is 1. The average molecular weight is 256 g/mol. The van der Waals surface area contributed by atoms with E-state index in [1.807, 2.05) is 0 Å². The second-order valence-electron chi connectivity index (χ2n) is 6.48. The summed E-state index contributed by atoms with van der Waals surface area (Å²) >= 11 is 0. The number of hydrogen-bond acceptors (Lipinski definition) is 2. The Morgan fingerprint density at radius 2 is 1.79 bits per heavy atom. The van der Waals surface area contributed by atoms with E-state index in [9.17, 15) is 0 Å². The van der Waals surface area contributed by atoms with Crippen molar-refractivity contribution in [3.8, 4) is 6.07 Å². The maximum Gasteiger partial charge on any atom is 0.0703 e. The van der Waals surface area contributed by atoms with Crippen molar-refractivity contribution >= 4 is 0 Å². The molecule has 0 atom stereocenters. The van der Waals surface area contributed by atoms with Crippen LogP contribution in [0.1, 0.15) is 37.8 Å². The van der Waals surface area contributed by atoms with E-state index in [-0.39, 0.29) is 5.41 Å². The molecule has 1 aromatic carbocycles. The largest absolute Gasteiger partial charge is 0.301 e. The smallest absolute Gasteiger partial charge is 0.0703 e. The van der Waals surface area contributed by atoms with Crippen LogP contribution < -0.4 is 0 Å². The molecule has 1 aliphatic rings. The minimum absolute atomic E-state index is 0.0354. The van der Waals surface area contributed by atoms with E-state index in [1.165, 1.54) is 11.1 Å². The lowest BCUT2D eigenvalue weighted by Gasteiger charge is -2.19. The zero-order valence-corrected chi connectivity index (χ0v) is 12.3. The van der Waals surface area contributed by atoms with Crippen LogP contribution in [-0.2, 0) is 13.0 Å². The Kier molecular flexibility index (Phi) is 4.27. The van der Waals surface area contributed by atoms with Crippen LogP contribution in [0.3, 0.4) is 0 Å². The summed E-state index contributed by atoms with van der Waals surface area (Å²) in [5.74, 6) is 0.707. The Morgan fingerprint density at radius 3 is 2.26 bits per heavy atom. The molecule has 2 heteroatoms. The van der Waals surface area contributed by atoms with Gasteiger partial charge in [0.25, 0.3) is 0 Å². The standard InChI is InChI=1S/C17H24N2/c1-14(2)10-15-4-6-16(7-5-15)11-19(3)13-17(12-18)8-9-17/h4-7,14H,8-11,13H2,1-3H3. The van der Waals surface area contributed by atoms with Gasteiger partial charge in [-0.3, -0.25) is 0 Å². The molecule has 0 heterocycles. The van der Waals surface area contributed by atoms with E-state index in [0.717, 1.165) is 32.4 Å². The van der Waals surface area contributed by atoms with E-state index in [1.54, 1.807) is 0 Å². The van der Waals surface area contributed by atoms with Gasteiger partial charge in [0.1, 0.15) is 0 Å². The third-order valence-corrected chi connectivity index (χ3v) is 3.78. The minimum Gasteiger partial charge on any atom is -0.301 e. The minimum atomic E-state index is -0.0354. The fourth-order valence-electron chi connectivity index (χ4n) is 2.59. The van der Waals surface area contributed by atoms with Crippen molar-refractivity contribution in [3.63, 3.8) is 0 Å². The summed E-state index contributed by atoms with van der Waals surface area (Å²) in [4.78, 5) is 2.27. The third-order valence-electron chi connectivity index (χ3n) is 3.78. The van der Waals surface area contributed by atoms with Crippen molar-refractivity contribution in [2.45, 2.75) is 39.7 Å². The predicted molar refractivity (Wildman–Crippen MR) is 78.6 cm³/mol. The number of hydrogen-bond donors (Lipinski definition) is 0. The molecule has 0 N–H and O–H groups in total. The first kappa shape index (κ1) is 14.1. The highest BCUT2D eigenvalue weighted by Gasteiger charge is 2.43. The first-order chi connectivity index (χ1) is 9.03. The van der Waals surface area contributed by atoms with Gasteiger partial charge < -0.3 is 4.90 Å². The molecule has 19 heavy (non-hydrogen) atoms. The van der Waals surface area contributed by atoms with Gasteiger partial charge in [-0.15, -0.1) is 0 Å². The monoisotopic (exact) mass is 256 g/mol. The molecule has 1 aliphatic carbocycles. The van der Waals surface area contributed by atoms with E-state index in [2.05, 4.69) is 56.1 Å². The van der Waals surface area contributed by atoms with Crippen molar-refractivity contribution in [1.82, 2.24) is 4.90 Å². The molecular weight excluding hydrogens is 232 g/mol. The maximum absolute atomic E-state index is 9.12. The van der Waals surface area contributed by atoms with Crippen molar-refractivity contribution in [3.05, 3.63) is 35.4 Å². The lowest BCUT2D eigenvalue weighted by atomic mass is 10.0. The highest BCUT2D eigenvalue weighted by atomic mass is 15.1. The normalized spacial score (nSPS) is 16.6. The zero-order chi connectivity index (χ0) is 13.9. The van der Waals surface area contributed by atoms with Gasteiger partial charge in [-0.1, -0.05) is 38.1 Å². The molecule has 0 unspecified atom stereocenters. The summed E-state index contributed by atoms with van der Waals surface area (Å²) in [5, 5.41) is 9.12. The summed E-state index contributed by atoms with van der Waals surface area (Å²) in [7, 11) is 2.11. The van der Waals surface area contributed by atoms with E-state index >= 15 is 0 Å². The van der Waals surface area contributed by atoms with Crippen LogP contribution in [0, 0.1) is 22.7 Å². The van der Waals surface area contributed by atoms with Crippen LogP contribution >= 0.6 is 0 Å². The van der Waals surface area contributed by atoms with Crippen LogP contribution in [-0.4, -0.2) is 18.5 Å². The highest BCUT2D eigenvalue weighted by molar-refractivity contribution is 5.23. The fourth-order valence-corrected chi connectivity index (χ4v) is 2.59. The van der Waals surface area contributed by atoms with E-state index < -0.39 is 0 Å². The molecule has 0 radical (unpaired) electrons. The molecule has 0 aromatic heterocycles. The third kappa shape index (κ3) is 4.08. The Bertz CT molecular complexity index is 449. The van der Waals surface area contributed by atoms with Gasteiger partial charge in [0.05, 0.1) is 11.5 Å². The van der Waals surface area contributed by atoms with Crippen LogP contribution in [0.2, 0.25) is 0 Å². The quantitative estimate of drug-likeness (QED) is 0.777. The molecule has 1 fully saturated rings. The van der Waals surface area contributed by atoms with E-state index in [0.29, 0.717) is 5.92 Å². The Morgan fingerprint density at radius 1 is 1.21 bits per heavy atom. The summed E-state index contributed by atoms with van der Waals surface area (Å²) in [6.07, 6.45) is 3.29. The molecule has 102 valence electrons. The Hall–Kier alpha value is -1.33. The van der Waals surface area contributed by atoms with Gasteiger partial charge >= 0.3 is 0 Å². The van der Waals surface area contributed by atoms with Crippen LogP contribution in [0.15, 0.2) is 24.3 Å². The average Bonchev–Trinajstić information content (AvgIpc) is 3.11. The summed E-state index contributed by atoms with van der Waals surface area (Å²) < 4.78 is 0. The Labute approximate surface area is 117 Å². The van der Waals surface area contributed by atoms with Gasteiger partial charge in [-0.2, -0.15) is 5.26 Å². The van der Waals surface area contributed by atoms with Crippen molar-refractivity contribution in [2.75, 3.05) is 13.6 Å². The van der Waals surface area contributed by atoms with Crippen molar-refractivity contribution < 1.29 is 0 Å². The molecule has 0 amide bonds. The van der Waals surface area contributed by atoms with Gasteiger partial charge in [-0.25, -0.2) is 0 Å². The predicted octanol–water partition coefficient (Wildman–Crippen LogP) is 3.62. The first-order valence-electron chi connectivity index (χ1n) is 7.21. The molecule has 0 spiro atoms. The van der Waals surface area contributed by atoms with Gasteiger partial charge in [0.2, 0.25) is 0 Å². The van der Waals surface area contributed by atoms with Crippen LogP contribution in [0.25, 0.3) is 0 Å². The number of nitrogens with zero attached hydrogens (tertiary/aromatic N) is 2. The summed E-state index contributed by atoms with van der Waals surface area (Å²) in [6, 6.07) is 11.4. The molecule has 0 aliphatic heterocycles. The molecule has 2 nitrogen and oxygen atoms in total. The lowest BCUT2D eigenvalue weighted by molar-refractivity contribution is 0.286. The molecule has 1 aromatic rings. The highest BCUT2D eigenvalue weighted by Crippen LogP contribution is 2.45. The van der Waals surface area contributed by atoms with Crippen molar-refractivity contribution in [2.24, 2.45) is 11.3 Å². The van der Waals surface area contributed by atoms with Gasteiger partial charge in [0.15, 0.2) is 0 Å². The Balaban J connectivity index is 1.87. The second-order valence-corrected chi connectivity index (χ2v) is 6.48. The molecule has 0 bridgehead atoms. The van der Waals surface area contributed by atoms with E-state index in [4.69, 9.17) is 5.26 Å². The lowest BCUT2D eigenvalue weighted by Crippen LogP contribution is -2.25. The first-order valence-corrected chi connectivity index (χ1v) is 7.21. The maximum atomic E-state index is 9.12. The van der Waals surface area contributed by atoms with Gasteiger partial charge in [0, 0.05) is 13.1 Å². The zero-order valence-electron chi connectivity index (χ0n) is 12.3.